The Morgan fingerprint density at radius 3 is 2.78 bits per heavy atom. The number of halogens is 2. The van der Waals surface area contributed by atoms with Gasteiger partial charge >= 0.3 is 0 Å². The van der Waals surface area contributed by atoms with Crippen molar-refractivity contribution in [2.24, 2.45) is 0 Å². The third-order valence-corrected chi connectivity index (χ3v) is 2.64. The smallest absolute Gasteiger partial charge is 0.150 e. The van der Waals surface area contributed by atoms with Crippen LogP contribution < -0.4 is 4.74 Å². The monoisotopic (exact) mass is 264 g/mol. The average Bonchev–Trinajstić information content (AvgIpc) is 2.38. The van der Waals surface area contributed by atoms with E-state index in [4.69, 9.17) is 16.3 Å². The summed E-state index contributed by atoms with van der Waals surface area (Å²) in [5.74, 6) is 0.114. The van der Waals surface area contributed by atoms with Gasteiger partial charge in [0.1, 0.15) is 24.5 Å². The van der Waals surface area contributed by atoms with E-state index in [0.717, 1.165) is 6.29 Å². The van der Waals surface area contributed by atoms with E-state index in [1.54, 1.807) is 36.4 Å². The van der Waals surface area contributed by atoms with Crippen molar-refractivity contribution in [3.8, 4) is 5.75 Å². The van der Waals surface area contributed by atoms with Crippen molar-refractivity contribution in [1.29, 1.82) is 0 Å². The average molecular weight is 265 g/mol. The molecule has 2 aromatic carbocycles. The Morgan fingerprint density at radius 1 is 1.22 bits per heavy atom. The van der Waals surface area contributed by atoms with Crippen LogP contribution in [0.15, 0.2) is 42.5 Å². The first-order valence-electron chi connectivity index (χ1n) is 5.31. The quantitative estimate of drug-likeness (QED) is 0.784. The van der Waals surface area contributed by atoms with Crippen LogP contribution in [0.5, 0.6) is 5.75 Å². The molecule has 0 aliphatic carbocycles. The van der Waals surface area contributed by atoms with Crippen LogP contribution in [0.1, 0.15) is 15.9 Å². The minimum atomic E-state index is -0.408. The standard InChI is InChI=1S/C14H10ClFO2/c15-12-5-4-11(14(16)7-12)9-18-13-3-1-2-10(6-13)8-17/h1-8H,9H2. The normalized spacial score (nSPS) is 10.1. The zero-order chi connectivity index (χ0) is 13.0. The molecule has 0 saturated carbocycles. The summed E-state index contributed by atoms with van der Waals surface area (Å²) in [6.45, 7) is 0.0886. The molecular formula is C14H10ClFO2. The van der Waals surface area contributed by atoms with Crippen LogP contribution in [-0.2, 0) is 6.61 Å². The van der Waals surface area contributed by atoms with Gasteiger partial charge in [-0.1, -0.05) is 29.8 Å². The Morgan fingerprint density at radius 2 is 2.06 bits per heavy atom. The Bertz CT molecular complexity index is 569. The lowest BCUT2D eigenvalue weighted by Crippen LogP contribution is -1.98. The second-order valence-corrected chi connectivity index (χ2v) is 4.15. The summed E-state index contributed by atoms with van der Waals surface area (Å²) >= 11 is 5.65. The highest BCUT2D eigenvalue weighted by Gasteiger charge is 2.04. The van der Waals surface area contributed by atoms with Crippen LogP contribution >= 0.6 is 11.6 Å². The molecule has 18 heavy (non-hydrogen) atoms. The third-order valence-electron chi connectivity index (χ3n) is 2.40. The largest absolute Gasteiger partial charge is 0.489 e. The van der Waals surface area contributed by atoms with Crippen molar-refractivity contribution >= 4 is 17.9 Å². The maximum atomic E-state index is 13.5. The third kappa shape index (κ3) is 3.08. The summed E-state index contributed by atoms with van der Waals surface area (Å²) in [6, 6.07) is 11.1. The van der Waals surface area contributed by atoms with Crippen LogP contribution in [0.3, 0.4) is 0 Å². The molecule has 2 rings (SSSR count). The molecule has 0 aliphatic heterocycles. The second kappa shape index (κ2) is 5.65. The molecule has 0 fully saturated rings. The summed E-state index contributed by atoms with van der Waals surface area (Å²) in [5.41, 5.74) is 0.931. The zero-order valence-electron chi connectivity index (χ0n) is 9.40. The number of carbonyl (C=O) groups excluding carboxylic acids is 1. The van der Waals surface area contributed by atoms with Crippen molar-refractivity contribution in [1.82, 2.24) is 0 Å². The molecule has 2 aromatic rings. The lowest BCUT2D eigenvalue weighted by Gasteiger charge is -2.07. The Labute approximate surface area is 109 Å². The molecule has 0 N–H and O–H groups in total. The number of hydrogen-bond donors (Lipinski definition) is 0. The van der Waals surface area contributed by atoms with E-state index in [9.17, 15) is 9.18 Å². The number of ether oxygens (including phenoxy) is 1. The number of hydrogen-bond acceptors (Lipinski definition) is 2. The second-order valence-electron chi connectivity index (χ2n) is 3.71. The van der Waals surface area contributed by atoms with Gasteiger partial charge in [-0.25, -0.2) is 4.39 Å². The minimum Gasteiger partial charge on any atom is -0.489 e. The lowest BCUT2D eigenvalue weighted by atomic mass is 10.2. The zero-order valence-corrected chi connectivity index (χ0v) is 10.2. The van der Waals surface area contributed by atoms with Gasteiger partial charge in [-0.15, -0.1) is 0 Å². The predicted octanol–water partition coefficient (Wildman–Crippen LogP) is 3.87. The van der Waals surface area contributed by atoms with Gasteiger partial charge in [0.05, 0.1) is 0 Å². The first-order chi connectivity index (χ1) is 8.69. The van der Waals surface area contributed by atoms with Gasteiger partial charge in [-0.2, -0.15) is 0 Å². The van der Waals surface area contributed by atoms with Crippen LogP contribution in [-0.4, -0.2) is 6.29 Å². The molecule has 0 amide bonds. The topological polar surface area (TPSA) is 26.3 Å². The molecule has 0 saturated heterocycles. The summed E-state index contributed by atoms with van der Waals surface area (Å²) in [4.78, 5) is 10.6. The van der Waals surface area contributed by atoms with Gasteiger partial charge in [0.15, 0.2) is 0 Å². The van der Waals surface area contributed by atoms with E-state index in [0.29, 0.717) is 21.9 Å². The number of benzene rings is 2. The van der Waals surface area contributed by atoms with E-state index in [-0.39, 0.29) is 6.61 Å². The molecule has 0 unspecified atom stereocenters. The molecule has 0 spiro atoms. The van der Waals surface area contributed by atoms with Gasteiger partial charge in [-0.3, -0.25) is 4.79 Å². The molecule has 0 atom stereocenters. The van der Waals surface area contributed by atoms with E-state index >= 15 is 0 Å². The number of aldehydes is 1. The highest BCUT2D eigenvalue weighted by Crippen LogP contribution is 2.18. The highest BCUT2D eigenvalue weighted by molar-refractivity contribution is 6.30. The summed E-state index contributed by atoms with van der Waals surface area (Å²) in [5, 5.41) is 0.346. The van der Waals surface area contributed by atoms with Crippen LogP contribution in [0.25, 0.3) is 0 Å². The summed E-state index contributed by atoms with van der Waals surface area (Å²) in [7, 11) is 0. The van der Waals surface area contributed by atoms with Crippen molar-refractivity contribution < 1.29 is 13.9 Å². The van der Waals surface area contributed by atoms with Gasteiger partial charge in [0.25, 0.3) is 0 Å². The molecule has 92 valence electrons. The molecule has 4 heteroatoms. The van der Waals surface area contributed by atoms with Crippen molar-refractivity contribution in [2.75, 3.05) is 0 Å². The van der Waals surface area contributed by atoms with E-state index in [1.807, 2.05) is 0 Å². The number of rotatable bonds is 4. The fourth-order valence-electron chi connectivity index (χ4n) is 1.48. The fraction of sp³-hybridized carbons (Fsp3) is 0.0714. The fourth-order valence-corrected chi connectivity index (χ4v) is 1.64. The van der Waals surface area contributed by atoms with Gasteiger partial charge in [0, 0.05) is 16.1 Å². The first-order valence-corrected chi connectivity index (χ1v) is 5.69. The molecule has 2 nitrogen and oxygen atoms in total. The molecule has 0 bridgehead atoms. The number of carbonyl (C=O) groups is 1. The lowest BCUT2D eigenvalue weighted by molar-refractivity contribution is 0.112. The Kier molecular flexibility index (Phi) is 3.95. The summed E-state index contributed by atoms with van der Waals surface area (Å²) < 4.78 is 18.9. The maximum Gasteiger partial charge on any atom is 0.150 e. The van der Waals surface area contributed by atoms with Crippen LogP contribution in [0.4, 0.5) is 4.39 Å². The molecule has 0 heterocycles. The molecule has 0 aliphatic rings. The van der Waals surface area contributed by atoms with Crippen molar-refractivity contribution in [3.05, 3.63) is 64.4 Å². The molecular weight excluding hydrogens is 255 g/mol. The van der Waals surface area contributed by atoms with Crippen molar-refractivity contribution in [2.45, 2.75) is 6.61 Å². The predicted molar refractivity (Wildman–Crippen MR) is 67.6 cm³/mol. The maximum absolute atomic E-state index is 13.5. The SMILES string of the molecule is O=Cc1cccc(OCc2ccc(Cl)cc2F)c1. The minimum absolute atomic E-state index is 0.0886. The van der Waals surface area contributed by atoms with Gasteiger partial charge in [-0.05, 0) is 24.3 Å². The Hall–Kier alpha value is -1.87. The molecule has 0 radical (unpaired) electrons. The van der Waals surface area contributed by atoms with Gasteiger partial charge < -0.3 is 4.74 Å². The first kappa shape index (κ1) is 12.6. The summed E-state index contributed by atoms with van der Waals surface area (Å²) in [6.07, 6.45) is 0.732. The van der Waals surface area contributed by atoms with E-state index in [1.165, 1.54) is 6.07 Å². The van der Waals surface area contributed by atoms with Gasteiger partial charge in [0.2, 0.25) is 0 Å². The van der Waals surface area contributed by atoms with E-state index in [2.05, 4.69) is 0 Å². The van der Waals surface area contributed by atoms with Crippen LogP contribution in [0, 0.1) is 5.82 Å². The van der Waals surface area contributed by atoms with Crippen LogP contribution in [0.2, 0.25) is 5.02 Å². The molecule has 0 aromatic heterocycles. The van der Waals surface area contributed by atoms with E-state index < -0.39 is 5.82 Å². The van der Waals surface area contributed by atoms with Crippen molar-refractivity contribution in [3.63, 3.8) is 0 Å². The highest BCUT2D eigenvalue weighted by atomic mass is 35.5. The Balaban J connectivity index is 2.08.